The molecule has 88 valence electrons. The van der Waals surface area contributed by atoms with Crippen LogP contribution in [0.1, 0.15) is 25.8 Å². The number of aliphatic hydroxyl groups excluding tert-OH is 1. The number of aliphatic hydroxyl groups is 1. The molecule has 0 amide bonds. The molecule has 1 aromatic carbocycles. The number of rotatable bonds is 3. The van der Waals surface area contributed by atoms with Crippen LogP contribution < -0.4 is 4.74 Å². The van der Waals surface area contributed by atoms with E-state index in [0.717, 1.165) is 18.6 Å². The van der Waals surface area contributed by atoms with Gasteiger partial charge in [0, 0.05) is 5.92 Å². The number of para-hydroxylation sites is 1. The highest BCUT2D eigenvalue weighted by atomic mass is 16.5. The zero-order chi connectivity index (χ0) is 11.5. The summed E-state index contributed by atoms with van der Waals surface area (Å²) in [6.45, 7) is 4.92. The maximum atomic E-state index is 10.1. The van der Waals surface area contributed by atoms with Gasteiger partial charge in [0.25, 0.3) is 0 Å². The average molecular weight is 220 g/mol. The van der Waals surface area contributed by atoms with Crippen molar-refractivity contribution in [3.63, 3.8) is 0 Å². The zero-order valence-corrected chi connectivity index (χ0v) is 10.0. The third-order valence-electron chi connectivity index (χ3n) is 3.16. The Hall–Kier alpha value is -1.02. The quantitative estimate of drug-likeness (QED) is 0.848. The molecule has 0 aliphatic carbocycles. The van der Waals surface area contributed by atoms with Crippen LogP contribution in [0.25, 0.3) is 0 Å². The lowest BCUT2D eigenvalue weighted by atomic mass is 9.88. The summed E-state index contributed by atoms with van der Waals surface area (Å²) in [6.07, 6.45) is 1.55. The second kappa shape index (κ2) is 4.88. The molecule has 0 fully saturated rings. The summed E-state index contributed by atoms with van der Waals surface area (Å²) in [5, 5.41) is 10.1. The van der Waals surface area contributed by atoms with Gasteiger partial charge in [0.05, 0.1) is 12.7 Å². The van der Waals surface area contributed by atoms with Gasteiger partial charge >= 0.3 is 0 Å². The van der Waals surface area contributed by atoms with Gasteiger partial charge in [-0.1, -0.05) is 32.0 Å². The van der Waals surface area contributed by atoms with Crippen molar-refractivity contribution in [2.45, 2.75) is 32.8 Å². The maximum absolute atomic E-state index is 10.1. The van der Waals surface area contributed by atoms with Crippen molar-refractivity contribution >= 4 is 0 Å². The maximum Gasteiger partial charge on any atom is 0.122 e. The van der Waals surface area contributed by atoms with Crippen molar-refractivity contribution in [1.82, 2.24) is 0 Å². The van der Waals surface area contributed by atoms with Crippen LogP contribution in [-0.4, -0.2) is 17.8 Å². The largest absolute Gasteiger partial charge is 0.493 e. The van der Waals surface area contributed by atoms with Gasteiger partial charge in [0.2, 0.25) is 0 Å². The zero-order valence-electron chi connectivity index (χ0n) is 10.0. The molecule has 0 bridgehead atoms. The Morgan fingerprint density at radius 3 is 2.88 bits per heavy atom. The lowest BCUT2D eigenvalue weighted by Crippen LogP contribution is -2.32. The Morgan fingerprint density at radius 1 is 1.38 bits per heavy atom. The molecule has 0 radical (unpaired) electrons. The third-order valence-corrected chi connectivity index (χ3v) is 3.16. The van der Waals surface area contributed by atoms with E-state index in [4.69, 9.17) is 4.74 Å². The summed E-state index contributed by atoms with van der Waals surface area (Å²) in [6, 6.07) is 8.10. The van der Waals surface area contributed by atoms with E-state index >= 15 is 0 Å². The van der Waals surface area contributed by atoms with E-state index in [9.17, 15) is 5.11 Å². The van der Waals surface area contributed by atoms with Crippen molar-refractivity contribution in [1.29, 1.82) is 0 Å². The molecule has 1 heterocycles. The lowest BCUT2D eigenvalue weighted by Gasteiger charge is -2.29. The molecule has 16 heavy (non-hydrogen) atoms. The van der Waals surface area contributed by atoms with Crippen LogP contribution in [0.15, 0.2) is 24.3 Å². The molecule has 2 atom stereocenters. The molecule has 1 N–H and O–H groups in total. The molecule has 0 aromatic heterocycles. The number of hydrogen-bond donors (Lipinski definition) is 1. The molecule has 1 aromatic rings. The molecule has 2 nitrogen and oxygen atoms in total. The first-order valence-electron chi connectivity index (χ1n) is 6.05. The molecular formula is C14H20O2. The van der Waals surface area contributed by atoms with Gasteiger partial charge in [-0.25, -0.2) is 0 Å². The first-order valence-corrected chi connectivity index (χ1v) is 6.05. The van der Waals surface area contributed by atoms with Crippen LogP contribution in [0.5, 0.6) is 5.75 Å². The van der Waals surface area contributed by atoms with E-state index in [0.29, 0.717) is 12.5 Å². The van der Waals surface area contributed by atoms with Gasteiger partial charge in [-0.05, 0) is 30.4 Å². The van der Waals surface area contributed by atoms with Gasteiger partial charge in [0.15, 0.2) is 0 Å². The minimum atomic E-state index is -0.242. The molecule has 1 aliphatic heterocycles. The van der Waals surface area contributed by atoms with E-state index in [1.807, 2.05) is 18.2 Å². The summed E-state index contributed by atoms with van der Waals surface area (Å²) in [7, 11) is 0. The number of benzene rings is 1. The van der Waals surface area contributed by atoms with Crippen molar-refractivity contribution in [2.24, 2.45) is 11.8 Å². The Bertz CT molecular complexity index is 346. The van der Waals surface area contributed by atoms with Crippen LogP contribution in [0.2, 0.25) is 0 Å². The summed E-state index contributed by atoms with van der Waals surface area (Å²) >= 11 is 0. The molecule has 0 spiro atoms. The van der Waals surface area contributed by atoms with Crippen LogP contribution >= 0.6 is 0 Å². The second-order valence-electron chi connectivity index (χ2n) is 5.08. The highest BCUT2D eigenvalue weighted by molar-refractivity contribution is 5.35. The standard InChI is InChI=1S/C14H20O2/c1-10(2)7-13(15)12-8-11-5-3-4-6-14(11)16-9-12/h3-6,10,12-13,15H,7-9H2,1-2H3. The third kappa shape index (κ3) is 2.56. The van der Waals surface area contributed by atoms with E-state index in [1.54, 1.807) is 0 Å². The fourth-order valence-electron chi connectivity index (χ4n) is 2.27. The van der Waals surface area contributed by atoms with Crippen LogP contribution in [0, 0.1) is 11.8 Å². The SMILES string of the molecule is CC(C)CC(O)C1COc2ccccc2C1. The van der Waals surface area contributed by atoms with E-state index in [1.165, 1.54) is 5.56 Å². The Morgan fingerprint density at radius 2 is 2.12 bits per heavy atom. The fraction of sp³-hybridized carbons (Fsp3) is 0.571. The normalized spacial score (nSPS) is 21.4. The van der Waals surface area contributed by atoms with Crippen molar-refractivity contribution in [3.8, 4) is 5.75 Å². The second-order valence-corrected chi connectivity index (χ2v) is 5.08. The lowest BCUT2D eigenvalue weighted by molar-refractivity contribution is 0.0499. The predicted octanol–water partition coefficient (Wildman–Crippen LogP) is 2.64. The molecular weight excluding hydrogens is 200 g/mol. The van der Waals surface area contributed by atoms with Gasteiger partial charge < -0.3 is 9.84 Å². The Labute approximate surface area is 97.3 Å². The van der Waals surface area contributed by atoms with Crippen LogP contribution in [0.3, 0.4) is 0 Å². The van der Waals surface area contributed by atoms with Crippen molar-refractivity contribution < 1.29 is 9.84 Å². The smallest absolute Gasteiger partial charge is 0.122 e. The fourth-order valence-corrected chi connectivity index (χ4v) is 2.27. The monoisotopic (exact) mass is 220 g/mol. The molecule has 0 saturated heterocycles. The van der Waals surface area contributed by atoms with Crippen molar-refractivity contribution in [2.75, 3.05) is 6.61 Å². The highest BCUT2D eigenvalue weighted by Crippen LogP contribution is 2.29. The summed E-state index contributed by atoms with van der Waals surface area (Å²) in [5.41, 5.74) is 1.22. The number of fused-ring (bicyclic) bond motifs is 1. The van der Waals surface area contributed by atoms with E-state index in [-0.39, 0.29) is 12.0 Å². The first kappa shape index (κ1) is 11.5. The summed E-state index contributed by atoms with van der Waals surface area (Å²) in [5.74, 6) is 1.76. The van der Waals surface area contributed by atoms with Crippen LogP contribution in [0.4, 0.5) is 0 Å². The van der Waals surface area contributed by atoms with Gasteiger partial charge in [0.1, 0.15) is 5.75 Å². The predicted molar refractivity (Wildman–Crippen MR) is 64.6 cm³/mol. The summed E-state index contributed by atoms with van der Waals surface area (Å²) < 4.78 is 5.68. The molecule has 2 heteroatoms. The Kier molecular flexibility index (Phi) is 3.49. The van der Waals surface area contributed by atoms with Gasteiger partial charge in [-0.15, -0.1) is 0 Å². The average Bonchev–Trinajstić information content (AvgIpc) is 2.27. The molecule has 2 unspecified atom stereocenters. The molecule has 2 rings (SSSR count). The topological polar surface area (TPSA) is 29.5 Å². The van der Waals surface area contributed by atoms with Gasteiger partial charge in [-0.3, -0.25) is 0 Å². The van der Waals surface area contributed by atoms with E-state index < -0.39 is 0 Å². The van der Waals surface area contributed by atoms with Crippen molar-refractivity contribution in [3.05, 3.63) is 29.8 Å². The van der Waals surface area contributed by atoms with Gasteiger partial charge in [-0.2, -0.15) is 0 Å². The van der Waals surface area contributed by atoms with Crippen LogP contribution in [-0.2, 0) is 6.42 Å². The minimum Gasteiger partial charge on any atom is -0.493 e. The number of ether oxygens (including phenoxy) is 1. The Balaban J connectivity index is 2.02. The highest BCUT2D eigenvalue weighted by Gasteiger charge is 2.26. The summed E-state index contributed by atoms with van der Waals surface area (Å²) in [4.78, 5) is 0. The molecule has 1 aliphatic rings. The van der Waals surface area contributed by atoms with E-state index in [2.05, 4.69) is 19.9 Å². The first-order chi connectivity index (χ1) is 7.66. The molecule has 0 saturated carbocycles. The minimum absolute atomic E-state index is 0.242. The number of hydrogen-bond acceptors (Lipinski definition) is 2.